The molecular weight excluding hydrogens is 497 g/mol. The van der Waals surface area contributed by atoms with Crippen LogP contribution in [0.15, 0.2) is 47.4 Å². The molecular formula is C31H38FN3O4. The molecule has 39 heavy (non-hydrogen) atoms. The number of ether oxygens (including phenoxy) is 1. The van der Waals surface area contributed by atoms with Crippen molar-refractivity contribution in [1.82, 2.24) is 9.88 Å². The molecule has 1 heterocycles. The second kappa shape index (κ2) is 11.2. The predicted octanol–water partition coefficient (Wildman–Crippen LogP) is 5.69. The lowest BCUT2D eigenvalue weighted by atomic mass is 9.90. The van der Waals surface area contributed by atoms with Gasteiger partial charge in [0.15, 0.2) is 0 Å². The summed E-state index contributed by atoms with van der Waals surface area (Å²) in [5.74, 6) is 0.736. The summed E-state index contributed by atoms with van der Waals surface area (Å²) in [5.41, 5.74) is 2.88. The van der Waals surface area contributed by atoms with E-state index in [0.29, 0.717) is 39.4 Å². The quantitative estimate of drug-likeness (QED) is 0.362. The Morgan fingerprint density at radius 2 is 1.64 bits per heavy atom. The largest absolute Gasteiger partial charge is 0.456 e. The number of amides is 1. The van der Waals surface area contributed by atoms with Crippen LogP contribution in [-0.2, 0) is 17.4 Å². The number of anilines is 1. The molecule has 7 nitrogen and oxygen atoms in total. The van der Waals surface area contributed by atoms with E-state index in [2.05, 4.69) is 10.6 Å². The molecule has 8 heteroatoms. The van der Waals surface area contributed by atoms with E-state index in [9.17, 15) is 19.1 Å². The third-order valence-corrected chi connectivity index (χ3v) is 7.34. The Morgan fingerprint density at radius 3 is 2.23 bits per heavy atom. The maximum Gasteiger partial charge on any atom is 0.252 e. The van der Waals surface area contributed by atoms with Gasteiger partial charge in [0.2, 0.25) is 5.91 Å². The molecule has 0 atom stereocenters. The summed E-state index contributed by atoms with van der Waals surface area (Å²) < 4.78 is 21.9. The molecule has 1 fully saturated rings. The smallest absolute Gasteiger partial charge is 0.252 e. The minimum Gasteiger partial charge on any atom is -0.456 e. The van der Waals surface area contributed by atoms with E-state index in [1.54, 1.807) is 53.1 Å². The molecule has 0 unspecified atom stereocenters. The van der Waals surface area contributed by atoms with Crippen molar-refractivity contribution in [2.75, 3.05) is 5.32 Å². The molecule has 4 rings (SSSR count). The van der Waals surface area contributed by atoms with Gasteiger partial charge in [0, 0.05) is 55.1 Å². The molecule has 0 radical (unpaired) electrons. The van der Waals surface area contributed by atoms with Crippen molar-refractivity contribution in [3.8, 4) is 22.6 Å². The normalized spacial score (nSPS) is 17.5. The van der Waals surface area contributed by atoms with Crippen molar-refractivity contribution in [2.24, 2.45) is 7.05 Å². The summed E-state index contributed by atoms with van der Waals surface area (Å²) in [7, 11) is 1.70. The van der Waals surface area contributed by atoms with E-state index in [-0.39, 0.29) is 29.4 Å². The summed E-state index contributed by atoms with van der Waals surface area (Å²) in [6.07, 6.45) is 5.17. The van der Waals surface area contributed by atoms with E-state index in [1.165, 1.54) is 23.6 Å². The van der Waals surface area contributed by atoms with Crippen molar-refractivity contribution in [3.63, 3.8) is 0 Å². The number of hydrogen-bond acceptors (Lipinski definition) is 5. The maximum atomic E-state index is 14.0. The average Bonchev–Trinajstić information content (AvgIpc) is 2.84. The van der Waals surface area contributed by atoms with Gasteiger partial charge in [-0.25, -0.2) is 4.39 Å². The van der Waals surface area contributed by atoms with Crippen LogP contribution in [0.1, 0.15) is 63.1 Å². The van der Waals surface area contributed by atoms with Crippen molar-refractivity contribution in [2.45, 2.75) is 78.0 Å². The summed E-state index contributed by atoms with van der Waals surface area (Å²) in [6.45, 7) is 8.56. The topological polar surface area (TPSA) is 92.6 Å². The molecule has 1 aliphatic carbocycles. The highest BCUT2D eigenvalue weighted by molar-refractivity contribution is 5.82. The molecule has 1 aliphatic rings. The highest BCUT2D eigenvalue weighted by Crippen LogP contribution is 2.41. The second-order valence-corrected chi connectivity index (χ2v) is 11.2. The number of nitrogens with zero attached hydrogens (tertiary/aromatic N) is 1. The number of carbonyl (C=O) groups is 1. The Kier molecular flexibility index (Phi) is 8.16. The summed E-state index contributed by atoms with van der Waals surface area (Å²) in [6, 6.07) is 10.2. The Hall–Kier alpha value is -3.65. The average molecular weight is 536 g/mol. The number of carbonyl (C=O) groups excluding carboxylic acids is 1. The lowest BCUT2D eigenvalue weighted by molar-refractivity contribution is -0.119. The van der Waals surface area contributed by atoms with Crippen molar-refractivity contribution in [3.05, 3.63) is 75.5 Å². The third kappa shape index (κ3) is 6.68. The number of nitrogens with one attached hydrogen (secondary N) is 2. The van der Waals surface area contributed by atoms with Crippen LogP contribution in [0, 0.1) is 19.7 Å². The maximum absolute atomic E-state index is 14.0. The Balaban J connectivity index is 1.77. The molecule has 1 aromatic heterocycles. The molecule has 3 N–H and O–H groups in total. The molecule has 1 saturated carbocycles. The minimum absolute atomic E-state index is 0.0221. The van der Waals surface area contributed by atoms with Crippen molar-refractivity contribution >= 4 is 11.6 Å². The minimum atomic E-state index is -1.11. The SMILES string of the molecule is CC(=O)N[C@H]1CC[C@H](Nc2cc(=O)n(C)cc2-c2cc(C(C)(C)O)ccc2Oc2c(C)cc(F)cc2C)CC1. The van der Waals surface area contributed by atoms with Gasteiger partial charge in [0.1, 0.15) is 17.3 Å². The van der Waals surface area contributed by atoms with Gasteiger partial charge in [-0.15, -0.1) is 0 Å². The van der Waals surface area contributed by atoms with Crippen LogP contribution in [0.2, 0.25) is 0 Å². The fraction of sp³-hybridized carbons (Fsp3) is 0.419. The lowest BCUT2D eigenvalue weighted by Crippen LogP contribution is -2.39. The van der Waals surface area contributed by atoms with Crippen LogP contribution < -0.4 is 20.9 Å². The second-order valence-electron chi connectivity index (χ2n) is 11.2. The number of aliphatic hydroxyl groups is 1. The van der Waals surface area contributed by atoms with Gasteiger partial charge in [-0.05, 0) is 94.3 Å². The first-order chi connectivity index (χ1) is 18.3. The number of aryl methyl sites for hydroxylation is 3. The first-order valence-electron chi connectivity index (χ1n) is 13.4. The molecule has 3 aromatic rings. The van der Waals surface area contributed by atoms with Crippen molar-refractivity contribution in [1.29, 1.82) is 0 Å². The first-order valence-corrected chi connectivity index (χ1v) is 13.4. The molecule has 0 aliphatic heterocycles. The van der Waals surface area contributed by atoms with Gasteiger partial charge in [-0.3, -0.25) is 9.59 Å². The number of pyridine rings is 1. The first kappa shape index (κ1) is 28.4. The molecule has 0 bridgehead atoms. The fourth-order valence-electron chi connectivity index (χ4n) is 5.23. The zero-order valence-corrected chi connectivity index (χ0v) is 23.5. The molecule has 1 amide bonds. The Morgan fingerprint density at radius 1 is 1.03 bits per heavy atom. The van der Waals surface area contributed by atoms with Gasteiger partial charge in [-0.2, -0.15) is 0 Å². The van der Waals surface area contributed by atoms with Crippen LogP contribution in [-0.4, -0.2) is 27.7 Å². The summed E-state index contributed by atoms with van der Waals surface area (Å²) in [5, 5.41) is 17.4. The van der Waals surface area contributed by atoms with Gasteiger partial charge in [-0.1, -0.05) is 6.07 Å². The summed E-state index contributed by atoms with van der Waals surface area (Å²) >= 11 is 0. The van der Waals surface area contributed by atoms with Gasteiger partial charge >= 0.3 is 0 Å². The predicted molar refractivity (Wildman–Crippen MR) is 152 cm³/mol. The van der Waals surface area contributed by atoms with Crippen LogP contribution >= 0.6 is 0 Å². The van der Waals surface area contributed by atoms with E-state index < -0.39 is 5.60 Å². The Bertz CT molecular complexity index is 1410. The van der Waals surface area contributed by atoms with Crippen LogP contribution in [0.3, 0.4) is 0 Å². The fourth-order valence-corrected chi connectivity index (χ4v) is 5.23. The third-order valence-electron chi connectivity index (χ3n) is 7.34. The van der Waals surface area contributed by atoms with E-state index >= 15 is 0 Å². The van der Waals surface area contributed by atoms with E-state index in [0.717, 1.165) is 31.2 Å². The number of hydrogen-bond donors (Lipinski definition) is 3. The Labute approximate surface area is 229 Å². The highest BCUT2D eigenvalue weighted by Gasteiger charge is 2.25. The lowest BCUT2D eigenvalue weighted by Gasteiger charge is -2.31. The van der Waals surface area contributed by atoms with Crippen LogP contribution in [0.4, 0.5) is 10.1 Å². The standard InChI is InChI=1S/C31H38FN3O4/c1-18-13-22(32)14-19(2)30(18)39-28-12-7-21(31(4,5)38)15-25(28)26-17-35(6)29(37)16-27(26)34-24-10-8-23(9-11-24)33-20(3)36/h7,12-17,23-24,34,38H,8-11H2,1-6H3,(H,33,36)/t23-,24-. The monoisotopic (exact) mass is 535 g/mol. The van der Waals surface area contributed by atoms with Crippen LogP contribution in [0.25, 0.3) is 11.1 Å². The number of aromatic nitrogens is 1. The molecule has 0 saturated heterocycles. The van der Waals surface area contributed by atoms with Crippen molar-refractivity contribution < 1.29 is 19.0 Å². The number of benzene rings is 2. The molecule has 208 valence electrons. The highest BCUT2D eigenvalue weighted by atomic mass is 19.1. The zero-order chi connectivity index (χ0) is 28.5. The van der Waals surface area contributed by atoms with Crippen LogP contribution in [0.5, 0.6) is 11.5 Å². The number of rotatable bonds is 7. The number of halogens is 1. The summed E-state index contributed by atoms with van der Waals surface area (Å²) in [4.78, 5) is 24.2. The van der Waals surface area contributed by atoms with Gasteiger partial charge < -0.3 is 25.0 Å². The van der Waals surface area contributed by atoms with Gasteiger partial charge in [0.05, 0.1) is 5.60 Å². The zero-order valence-electron chi connectivity index (χ0n) is 23.5. The van der Waals surface area contributed by atoms with E-state index in [4.69, 9.17) is 4.74 Å². The van der Waals surface area contributed by atoms with Gasteiger partial charge in [0.25, 0.3) is 5.56 Å². The molecule has 2 aromatic carbocycles. The van der Waals surface area contributed by atoms with E-state index in [1.807, 2.05) is 12.1 Å². The molecule has 0 spiro atoms.